The molecule has 3 aromatic rings. The molecule has 0 unspecified atom stereocenters. The fraction of sp³-hybridized carbons (Fsp3) is 0.267. The summed E-state index contributed by atoms with van der Waals surface area (Å²) in [6, 6.07) is 6.14. The highest BCUT2D eigenvalue weighted by Gasteiger charge is 2.14. The molecule has 3 rings (SSSR count). The predicted octanol–water partition coefficient (Wildman–Crippen LogP) is 2.50. The fourth-order valence-corrected chi connectivity index (χ4v) is 2.26. The van der Waals surface area contributed by atoms with E-state index in [4.69, 9.17) is 0 Å². The second-order valence-corrected chi connectivity index (χ2v) is 5.31. The molecule has 21 heavy (non-hydrogen) atoms. The van der Waals surface area contributed by atoms with Gasteiger partial charge in [-0.3, -0.25) is 9.89 Å². The van der Waals surface area contributed by atoms with Gasteiger partial charge in [0.1, 0.15) is 17.2 Å². The van der Waals surface area contributed by atoms with Crippen LogP contribution in [0.5, 0.6) is 0 Å². The van der Waals surface area contributed by atoms with Crippen molar-refractivity contribution in [3.8, 4) is 0 Å². The van der Waals surface area contributed by atoms with Crippen molar-refractivity contribution < 1.29 is 4.39 Å². The van der Waals surface area contributed by atoms with Crippen molar-refractivity contribution in [2.45, 2.75) is 26.2 Å². The lowest BCUT2D eigenvalue weighted by Crippen LogP contribution is -2.12. The van der Waals surface area contributed by atoms with E-state index in [0.717, 1.165) is 11.3 Å². The quantitative estimate of drug-likeness (QED) is 0.777. The summed E-state index contributed by atoms with van der Waals surface area (Å²) in [6.07, 6.45) is 0.439. The Morgan fingerprint density at radius 2 is 1.90 bits per heavy atom. The summed E-state index contributed by atoms with van der Waals surface area (Å²) in [5, 5.41) is 6.89. The van der Waals surface area contributed by atoms with E-state index in [1.807, 2.05) is 13.8 Å². The number of nitrogens with zero attached hydrogens (tertiary/aromatic N) is 2. The summed E-state index contributed by atoms with van der Waals surface area (Å²) in [5.41, 5.74) is 2.39. The van der Waals surface area contributed by atoms with E-state index in [2.05, 4.69) is 20.2 Å². The molecular formula is C15H15FN4O. The molecule has 0 fully saturated rings. The van der Waals surface area contributed by atoms with Gasteiger partial charge in [-0.25, -0.2) is 9.37 Å². The number of H-pyrrole nitrogens is 2. The third kappa shape index (κ3) is 2.56. The minimum Gasteiger partial charge on any atom is -0.308 e. The first-order chi connectivity index (χ1) is 10.0. The molecule has 2 aromatic heterocycles. The number of rotatable bonds is 3. The van der Waals surface area contributed by atoms with Crippen LogP contribution in [-0.4, -0.2) is 20.2 Å². The molecule has 0 bridgehead atoms. The normalized spacial score (nSPS) is 11.4. The molecule has 1 aromatic carbocycles. The maximum atomic E-state index is 12.9. The van der Waals surface area contributed by atoms with Gasteiger partial charge < -0.3 is 4.98 Å². The van der Waals surface area contributed by atoms with Gasteiger partial charge in [0.2, 0.25) is 0 Å². The zero-order valence-corrected chi connectivity index (χ0v) is 11.8. The average Bonchev–Trinajstić information content (AvgIpc) is 2.86. The SMILES string of the molecule is CC(C)c1[nH]nc2c(=O)[nH]c(Cc3ccc(F)cc3)nc12. The van der Waals surface area contributed by atoms with Crippen LogP contribution in [0.15, 0.2) is 29.1 Å². The van der Waals surface area contributed by atoms with Crippen molar-refractivity contribution in [1.29, 1.82) is 0 Å². The Labute approximate surface area is 120 Å². The van der Waals surface area contributed by atoms with Gasteiger partial charge >= 0.3 is 0 Å². The first-order valence-corrected chi connectivity index (χ1v) is 6.76. The van der Waals surface area contributed by atoms with E-state index < -0.39 is 0 Å². The summed E-state index contributed by atoms with van der Waals surface area (Å²) in [4.78, 5) is 19.3. The van der Waals surface area contributed by atoms with Crippen LogP contribution < -0.4 is 5.56 Å². The zero-order valence-electron chi connectivity index (χ0n) is 11.8. The number of halogens is 1. The summed E-state index contributed by atoms with van der Waals surface area (Å²) in [5.74, 6) is 0.456. The molecule has 0 aliphatic heterocycles. The first kappa shape index (κ1) is 13.5. The number of hydrogen-bond acceptors (Lipinski definition) is 3. The summed E-state index contributed by atoms with van der Waals surface area (Å²) >= 11 is 0. The molecule has 0 aliphatic rings. The van der Waals surface area contributed by atoms with Gasteiger partial charge in [-0.15, -0.1) is 0 Å². The van der Waals surface area contributed by atoms with Crippen LogP contribution in [0.4, 0.5) is 4.39 Å². The molecule has 0 atom stereocenters. The Morgan fingerprint density at radius 1 is 1.19 bits per heavy atom. The maximum Gasteiger partial charge on any atom is 0.279 e. The summed E-state index contributed by atoms with van der Waals surface area (Å²) < 4.78 is 12.9. The molecule has 0 saturated heterocycles. The van der Waals surface area contributed by atoms with Gasteiger partial charge in [0.15, 0.2) is 5.52 Å². The minimum absolute atomic E-state index is 0.197. The molecule has 0 saturated carbocycles. The molecule has 108 valence electrons. The van der Waals surface area contributed by atoms with Gasteiger partial charge in [-0.05, 0) is 23.6 Å². The first-order valence-electron chi connectivity index (χ1n) is 6.76. The van der Waals surface area contributed by atoms with Gasteiger partial charge in [0.05, 0.1) is 5.69 Å². The predicted molar refractivity (Wildman–Crippen MR) is 77.8 cm³/mol. The van der Waals surface area contributed by atoms with Gasteiger partial charge in [-0.2, -0.15) is 5.10 Å². The largest absolute Gasteiger partial charge is 0.308 e. The van der Waals surface area contributed by atoms with Crippen molar-refractivity contribution in [2.24, 2.45) is 0 Å². The van der Waals surface area contributed by atoms with Crippen molar-refractivity contribution in [1.82, 2.24) is 20.2 Å². The van der Waals surface area contributed by atoms with Crippen LogP contribution in [0.25, 0.3) is 11.0 Å². The highest BCUT2D eigenvalue weighted by atomic mass is 19.1. The average molecular weight is 286 g/mol. The smallest absolute Gasteiger partial charge is 0.279 e. The van der Waals surface area contributed by atoms with Crippen molar-refractivity contribution in [3.63, 3.8) is 0 Å². The third-order valence-electron chi connectivity index (χ3n) is 3.35. The van der Waals surface area contributed by atoms with Crippen LogP contribution in [0, 0.1) is 5.82 Å². The Balaban J connectivity index is 2.05. The van der Waals surface area contributed by atoms with Gasteiger partial charge in [0.25, 0.3) is 5.56 Å². The number of fused-ring (bicyclic) bond motifs is 1. The third-order valence-corrected chi connectivity index (χ3v) is 3.35. The van der Waals surface area contributed by atoms with Crippen molar-refractivity contribution in [2.75, 3.05) is 0 Å². The molecule has 5 nitrogen and oxygen atoms in total. The lowest BCUT2D eigenvalue weighted by molar-refractivity contribution is 0.627. The summed E-state index contributed by atoms with van der Waals surface area (Å²) in [6.45, 7) is 4.02. The van der Waals surface area contributed by atoms with Crippen LogP contribution in [-0.2, 0) is 6.42 Å². The monoisotopic (exact) mass is 286 g/mol. The lowest BCUT2D eigenvalue weighted by Gasteiger charge is -2.04. The Bertz CT molecular complexity index is 833. The Morgan fingerprint density at radius 3 is 2.57 bits per heavy atom. The number of benzene rings is 1. The molecule has 0 amide bonds. The molecule has 6 heteroatoms. The lowest BCUT2D eigenvalue weighted by atomic mass is 10.1. The van der Waals surface area contributed by atoms with E-state index >= 15 is 0 Å². The molecule has 2 heterocycles. The number of nitrogens with one attached hydrogen (secondary N) is 2. The number of aromatic amines is 2. The van der Waals surface area contributed by atoms with Gasteiger partial charge in [0, 0.05) is 6.42 Å². The second kappa shape index (κ2) is 5.12. The highest BCUT2D eigenvalue weighted by Crippen LogP contribution is 2.19. The van der Waals surface area contributed by atoms with Crippen molar-refractivity contribution >= 4 is 11.0 Å². The van der Waals surface area contributed by atoms with E-state index in [0.29, 0.717) is 23.3 Å². The number of aromatic nitrogens is 4. The van der Waals surface area contributed by atoms with Crippen LogP contribution in [0.2, 0.25) is 0 Å². The Hall–Kier alpha value is -2.50. The van der Waals surface area contributed by atoms with Gasteiger partial charge in [-0.1, -0.05) is 26.0 Å². The molecular weight excluding hydrogens is 271 g/mol. The van der Waals surface area contributed by atoms with Crippen molar-refractivity contribution in [3.05, 3.63) is 57.5 Å². The summed E-state index contributed by atoms with van der Waals surface area (Å²) in [7, 11) is 0. The molecule has 0 radical (unpaired) electrons. The topological polar surface area (TPSA) is 74.4 Å². The zero-order chi connectivity index (χ0) is 15.0. The molecule has 2 N–H and O–H groups in total. The van der Waals surface area contributed by atoms with Crippen LogP contribution in [0.3, 0.4) is 0 Å². The minimum atomic E-state index is -0.285. The standard InChI is InChI=1S/C15H15FN4O/c1-8(2)12-13-14(20-19-12)15(21)18-11(17-13)7-9-3-5-10(16)6-4-9/h3-6,8H,7H2,1-2H3,(H,19,20)(H,17,18,21). The fourth-order valence-electron chi connectivity index (χ4n) is 2.26. The molecule has 0 spiro atoms. The molecule has 0 aliphatic carbocycles. The highest BCUT2D eigenvalue weighted by molar-refractivity contribution is 5.76. The van der Waals surface area contributed by atoms with Crippen LogP contribution in [0.1, 0.15) is 36.8 Å². The van der Waals surface area contributed by atoms with E-state index in [1.165, 1.54) is 12.1 Å². The Kier molecular flexibility index (Phi) is 3.29. The van der Waals surface area contributed by atoms with E-state index in [1.54, 1.807) is 12.1 Å². The maximum absolute atomic E-state index is 12.9. The second-order valence-electron chi connectivity index (χ2n) is 5.31. The van der Waals surface area contributed by atoms with E-state index in [-0.39, 0.29) is 17.3 Å². The van der Waals surface area contributed by atoms with E-state index in [9.17, 15) is 9.18 Å². The number of hydrogen-bond donors (Lipinski definition) is 2. The van der Waals surface area contributed by atoms with Crippen LogP contribution >= 0.6 is 0 Å².